The second kappa shape index (κ2) is 7.56. The Morgan fingerprint density at radius 2 is 2.05 bits per heavy atom. The number of hydrogen-bond donors (Lipinski definition) is 1. The van der Waals surface area contributed by atoms with Crippen molar-refractivity contribution in [3.63, 3.8) is 0 Å². The second-order valence-electron chi connectivity index (χ2n) is 4.53. The normalized spacial score (nSPS) is 10.7. The Morgan fingerprint density at radius 1 is 1.32 bits per heavy atom. The van der Waals surface area contributed by atoms with Crippen LogP contribution in [0.5, 0.6) is 0 Å². The van der Waals surface area contributed by atoms with Gasteiger partial charge in [0.25, 0.3) is 0 Å². The maximum atomic E-state index is 11.1. The van der Waals surface area contributed by atoms with Gasteiger partial charge in [0.15, 0.2) is 0 Å². The molecule has 0 fully saturated rings. The molecule has 5 nitrogen and oxygen atoms in total. The van der Waals surface area contributed by atoms with Gasteiger partial charge in [-0.3, -0.25) is 0 Å². The lowest BCUT2D eigenvalue weighted by Crippen LogP contribution is -2.06. The fourth-order valence-corrected chi connectivity index (χ4v) is 2.09. The Hall–Kier alpha value is -2.40. The van der Waals surface area contributed by atoms with Crippen LogP contribution in [0.25, 0.3) is 6.08 Å². The highest BCUT2D eigenvalue weighted by molar-refractivity contribution is 6.31. The number of esters is 1. The van der Waals surface area contributed by atoms with Crippen LogP contribution in [0.2, 0.25) is 5.15 Å². The third-order valence-electron chi connectivity index (χ3n) is 2.97. The molecular formula is C16H16ClN3O2. The Morgan fingerprint density at radius 3 is 2.68 bits per heavy atom. The van der Waals surface area contributed by atoms with Gasteiger partial charge in [-0.05, 0) is 18.6 Å². The van der Waals surface area contributed by atoms with E-state index in [-0.39, 0.29) is 5.15 Å². The molecule has 1 aromatic carbocycles. The van der Waals surface area contributed by atoms with E-state index in [1.807, 2.05) is 30.3 Å². The maximum Gasteiger partial charge on any atom is 0.330 e. The van der Waals surface area contributed by atoms with Crippen LogP contribution in [0, 0.1) is 6.92 Å². The Balaban J connectivity index is 2.12. The van der Waals surface area contributed by atoms with E-state index in [0.29, 0.717) is 23.8 Å². The van der Waals surface area contributed by atoms with Crippen molar-refractivity contribution in [3.8, 4) is 0 Å². The topological polar surface area (TPSA) is 64.1 Å². The van der Waals surface area contributed by atoms with Gasteiger partial charge in [0.05, 0.1) is 12.8 Å². The number of ether oxygens (including phenoxy) is 1. The summed E-state index contributed by atoms with van der Waals surface area (Å²) in [6, 6.07) is 9.92. The third kappa shape index (κ3) is 4.30. The lowest BCUT2D eigenvalue weighted by atomic mass is 10.2. The average Bonchev–Trinajstić information content (AvgIpc) is 2.52. The van der Waals surface area contributed by atoms with Gasteiger partial charge in [0.1, 0.15) is 5.15 Å². The van der Waals surface area contributed by atoms with Crippen molar-refractivity contribution in [2.75, 3.05) is 12.4 Å². The molecule has 6 heteroatoms. The van der Waals surface area contributed by atoms with Crippen molar-refractivity contribution >= 4 is 29.6 Å². The van der Waals surface area contributed by atoms with Crippen molar-refractivity contribution in [2.45, 2.75) is 13.5 Å². The summed E-state index contributed by atoms with van der Waals surface area (Å²) in [5.41, 5.74) is 2.39. The fourth-order valence-electron chi connectivity index (χ4n) is 1.81. The Kier molecular flexibility index (Phi) is 5.49. The first kappa shape index (κ1) is 16.0. The number of anilines is 1. The lowest BCUT2D eigenvalue weighted by molar-refractivity contribution is -0.134. The number of benzene rings is 1. The molecule has 0 bridgehead atoms. The number of nitrogens with one attached hydrogen (secondary N) is 1. The van der Waals surface area contributed by atoms with Gasteiger partial charge >= 0.3 is 5.97 Å². The highest BCUT2D eigenvalue weighted by Gasteiger charge is 2.08. The molecule has 0 aliphatic rings. The minimum absolute atomic E-state index is 0.281. The zero-order valence-electron chi connectivity index (χ0n) is 12.3. The molecule has 1 heterocycles. The molecule has 2 rings (SSSR count). The average molecular weight is 318 g/mol. The first-order chi connectivity index (χ1) is 10.6. The minimum atomic E-state index is -0.457. The molecule has 0 saturated carbocycles. The molecule has 2 aromatic rings. The summed E-state index contributed by atoms with van der Waals surface area (Å²) >= 11 is 6.15. The monoisotopic (exact) mass is 317 g/mol. The first-order valence-corrected chi connectivity index (χ1v) is 7.06. The lowest BCUT2D eigenvalue weighted by Gasteiger charge is -2.08. The summed E-state index contributed by atoms with van der Waals surface area (Å²) in [5.74, 6) is -0.0108. The molecule has 0 unspecified atom stereocenters. The van der Waals surface area contributed by atoms with Crippen LogP contribution in [0.15, 0.2) is 36.4 Å². The van der Waals surface area contributed by atoms with Crippen LogP contribution < -0.4 is 5.32 Å². The van der Waals surface area contributed by atoms with E-state index >= 15 is 0 Å². The molecule has 0 radical (unpaired) electrons. The zero-order chi connectivity index (χ0) is 15.9. The fraction of sp³-hybridized carbons (Fsp3) is 0.188. The van der Waals surface area contributed by atoms with Gasteiger partial charge in [0, 0.05) is 18.2 Å². The predicted octanol–water partition coefficient (Wildman–Crippen LogP) is 3.24. The van der Waals surface area contributed by atoms with E-state index in [4.69, 9.17) is 11.6 Å². The van der Waals surface area contributed by atoms with Crippen LogP contribution in [-0.2, 0) is 16.1 Å². The molecular weight excluding hydrogens is 302 g/mol. The molecule has 0 saturated heterocycles. The van der Waals surface area contributed by atoms with E-state index in [1.165, 1.54) is 13.2 Å². The number of carbonyl (C=O) groups excluding carboxylic acids is 1. The van der Waals surface area contributed by atoms with Crippen LogP contribution in [0.3, 0.4) is 0 Å². The second-order valence-corrected chi connectivity index (χ2v) is 4.89. The molecule has 0 amide bonds. The Labute approximate surface area is 134 Å². The van der Waals surface area contributed by atoms with Gasteiger partial charge in [-0.15, -0.1) is 0 Å². The molecule has 1 aromatic heterocycles. The molecule has 0 spiro atoms. The number of aromatic nitrogens is 2. The van der Waals surface area contributed by atoms with E-state index in [9.17, 15) is 4.79 Å². The number of carbonyl (C=O) groups is 1. The summed E-state index contributed by atoms with van der Waals surface area (Å²) in [4.78, 5) is 19.7. The van der Waals surface area contributed by atoms with Crippen molar-refractivity contribution in [1.82, 2.24) is 9.97 Å². The quantitative estimate of drug-likeness (QED) is 0.521. The van der Waals surface area contributed by atoms with Crippen molar-refractivity contribution in [2.24, 2.45) is 0 Å². The highest BCUT2D eigenvalue weighted by Crippen LogP contribution is 2.20. The minimum Gasteiger partial charge on any atom is -0.466 e. The number of methoxy groups -OCH3 is 1. The van der Waals surface area contributed by atoms with Crippen molar-refractivity contribution in [3.05, 3.63) is 58.4 Å². The smallest absolute Gasteiger partial charge is 0.330 e. The largest absolute Gasteiger partial charge is 0.466 e. The standard InChI is InChI=1S/C16H16ClN3O2/c1-11-13(8-9-14(21)22-2)15(17)20-16(19-11)18-10-12-6-4-3-5-7-12/h3-9H,10H2,1-2H3,(H,18,19,20)/b9-8+. The van der Waals surface area contributed by atoms with Crippen molar-refractivity contribution in [1.29, 1.82) is 0 Å². The predicted molar refractivity (Wildman–Crippen MR) is 86.6 cm³/mol. The molecule has 0 aliphatic heterocycles. The maximum absolute atomic E-state index is 11.1. The first-order valence-electron chi connectivity index (χ1n) is 6.68. The van der Waals surface area contributed by atoms with Gasteiger partial charge in [-0.1, -0.05) is 41.9 Å². The molecule has 0 aliphatic carbocycles. The van der Waals surface area contributed by atoms with E-state index < -0.39 is 5.97 Å². The van der Waals surface area contributed by atoms with Crippen LogP contribution in [0.4, 0.5) is 5.95 Å². The summed E-state index contributed by atoms with van der Waals surface area (Å²) in [6.07, 6.45) is 2.83. The summed E-state index contributed by atoms with van der Waals surface area (Å²) in [7, 11) is 1.31. The summed E-state index contributed by atoms with van der Waals surface area (Å²) in [5, 5.41) is 3.40. The van der Waals surface area contributed by atoms with Gasteiger partial charge in [-0.25, -0.2) is 14.8 Å². The van der Waals surface area contributed by atoms with Crippen LogP contribution in [-0.4, -0.2) is 23.0 Å². The highest BCUT2D eigenvalue weighted by atomic mass is 35.5. The van der Waals surface area contributed by atoms with E-state index in [0.717, 1.165) is 5.56 Å². The number of aryl methyl sites for hydroxylation is 1. The SMILES string of the molecule is COC(=O)/C=C/c1c(C)nc(NCc2ccccc2)nc1Cl. The third-order valence-corrected chi connectivity index (χ3v) is 3.26. The number of halogens is 1. The van der Waals surface area contributed by atoms with E-state index in [2.05, 4.69) is 20.0 Å². The van der Waals surface area contributed by atoms with Crippen LogP contribution >= 0.6 is 11.6 Å². The number of rotatable bonds is 5. The molecule has 22 heavy (non-hydrogen) atoms. The molecule has 114 valence electrons. The summed E-state index contributed by atoms with van der Waals surface area (Å²) in [6.45, 7) is 2.41. The van der Waals surface area contributed by atoms with E-state index in [1.54, 1.807) is 13.0 Å². The van der Waals surface area contributed by atoms with Crippen molar-refractivity contribution < 1.29 is 9.53 Å². The number of hydrogen-bond acceptors (Lipinski definition) is 5. The van der Waals surface area contributed by atoms with Gasteiger partial charge in [0.2, 0.25) is 5.95 Å². The van der Waals surface area contributed by atoms with Gasteiger partial charge in [-0.2, -0.15) is 0 Å². The number of nitrogens with zero attached hydrogens (tertiary/aromatic N) is 2. The molecule has 1 N–H and O–H groups in total. The van der Waals surface area contributed by atoms with Crippen LogP contribution in [0.1, 0.15) is 16.8 Å². The summed E-state index contributed by atoms with van der Waals surface area (Å²) < 4.78 is 4.54. The van der Waals surface area contributed by atoms with Gasteiger partial charge < -0.3 is 10.1 Å². The molecule has 0 atom stereocenters. The zero-order valence-corrected chi connectivity index (χ0v) is 13.1. The Bertz CT molecular complexity index is 664.